The second-order valence-corrected chi connectivity index (χ2v) is 8.33. The van der Waals surface area contributed by atoms with Gasteiger partial charge in [-0.2, -0.15) is 0 Å². The molecule has 1 saturated heterocycles. The Balaban J connectivity index is 1.52. The highest BCUT2D eigenvalue weighted by Crippen LogP contribution is 2.29. The van der Waals surface area contributed by atoms with Crippen molar-refractivity contribution in [3.63, 3.8) is 0 Å². The average Bonchev–Trinajstić information content (AvgIpc) is 2.79. The molecule has 0 bridgehead atoms. The van der Waals surface area contributed by atoms with Crippen LogP contribution in [0.15, 0.2) is 66.7 Å². The first-order valence-corrected chi connectivity index (χ1v) is 10.8. The Morgan fingerprint density at radius 2 is 1.79 bits per heavy atom. The molecule has 1 aliphatic heterocycles. The maximum atomic E-state index is 13.1. The van der Waals surface area contributed by atoms with Crippen LogP contribution in [0.1, 0.15) is 33.2 Å². The number of amides is 1. The Labute approximate surface area is 192 Å². The van der Waals surface area contributed by atoms with Crippen molar-refractivity contribution in [2.24, 2.45) is 0 Å². The number of carboxylic acid groups (broad SMARTS) is 1. The number of hydrogen-bond donors (Lipinski definition) is 2. The van der Waals surface area contributed by atoms with Crippen LogP contribution in [0.5, 0.6) is 0 Å². The lowest BCUT2D eigenvalue weighted by atomic mass is 10.1. The summed E-state index contributed by atoms with van der Waals surface area (Å²) >= 11 is 0. The van der Waals surface area contributed by atoms with Gasteiger partial charge < -0.3 is 20.2 Å². The SMILES string of the molecule is Cc1cccc(N2CCN(c3ccc(NC(=O)c4ccc(F)cc4)cc3C(=O)O)C[C@@H]2C)c1. The summed E-state index contributed by atoms with van der Waals surface area (Å²) in [6.07, 6.45) is 0. The molecule has 3 aromatic carbocycles. The van der Waals surface area contributed by atoms with E-state index in [-0.39, 0.29) is 11.6 Å². The first-order chi connectivity index (χ1) is 15.8. The highest BCUT2D eigenvalue weighted by atomic mass is 19.1. The van der Waals surface area contributed by atoms with E-state index in [0.29, 0.717) is 30.0 Å². The van der Waals surface area contributed by atoms with Crippen molar-refractivity contribution < 1.29 is 19.1 Å². The number of halogens is 1. The number of aryl methyl sites for hydroxylation is 1. The molecule has 3 aromatic rings. The lowest BCUT2D eigenvalue weighted by Gasteiger charge is -2.42. The summed E-state index contributed by atoms with van der Waals surface area (Å²) in [5.74, 6) is -1.92. The smallest absolute Gasteiger partial charge is 0.337 e. The van der Waals surface area contributed by atoms with Crippen LogP contribution in [0.4, 0.5) is 21.5 Å². The quantitative estimate of drug-likeness (QED) is 0.588. The van der Waals surface area contributed by atoms with Gasteiger partial charge in [0.25, 0.3) is 5.91 Å². The zero-order valence-corrected chi connectivity index (χ0v) is 18.6. The Morgan fingerprint density at radius 1 is 1.03 bits per heavy atom. The lowest BCUT2D eigenvalue weighted by Crippen LogP contribution is -2.52. The Morgan fingerprint density at radius 3 is 2.45 bits per heavy atom. The first kappa shape index (κ1) is 22.3. The molecule has 0 radical (unpaired) electrons. The number of anilines is 3. The third kappa shape index (κ3) is 4.98. The summed E-state index contributed by atoms with van der Waals surface area (Å²) < 4.78 is 13.1. The van der Waals surface area contributed by atoms with Crippen LogP contribution in [0, 0.1) is 12.7 Å². The molecule has 170 valence electrons. The standard InChI is InChI=1S/C26H26FN3O3/c1-17-4-3-5-22(14-17)30-13-12-29(16-18(30)2)24-11-10-21(15-23(24)26(32)33)28-25(31)19-6-8-20(27)9-7-19/h3-11,14-15,18H,12-13,16H2,1-2H3,(H,28,31)(H,32,33)/t18-/m0/s1. The average molecular weight is 448 g/mol. The molecule has 1 aliphatic rings. The largest absolute Gasteiger partial charge is 0.478 e. The number of nitrogens with zero attached hydrogens (tertiary/aromatic N) is 2. The van der Waals surface area contributed by atoms with Gasteiger partial charge in [-0.3, -0.25) is 4.79 Å². The first-order valence-electron chi connectivity index (χ1n) is 10.8. The van der Waals surface area contributed by atoms with Crippen LogP contribution in [0.25, 0.3) is 0 Å². The number of benzene rings is 3. The molecule has 0 aliphatic carbocycles. The molecule has 1 fully saturated rings. The topological polar surface area (TPSA) is 72.9 Å². The third-order valence-electron chi connectivity index (χ3n) is 5.89. The zero-order chi connectivity index (χ0) is 23.5. The number of aromatic carboxylic acids is 1. The molecule has 1 heterocycles. The number of carboxylic acids is 1. The summed E-state index contributed by atoms with van der Waals surface area (Å²) in [6.45, 7) is 6.33. The van der Waals surface area contributed by atoms with E-state index in [1.807, 2.05) is 6.07 Å². The molecule has 2 N–H and O–H groups in total. The number of carbonyl (C=O) groups is 2. The van der Waals surface area contributed by atoms with Crippen molar-refractivity contribution in [3.8, 4) is 0 Å². The van der Waals surface area contributed by atoms with Crippen molar-refractivity contribution in [3.05, 3.63) is 89.2 Å². The summed E-state index contributed by atoms with van der Waals surface area (Å²) in [5.41, 5.74) is 3.78. The maximum Gasteiger partial charge on any atom is 0.337 e. The van der Waals surface area contributed by atoms with E-state index in [0.717, 1.165) is 6.54 Å². The van der Waals surface area contributed by atoms with Gasteiger partial charge in [-0.1, -0.05) is 12.1 Å². The Kier molecular flexibility index (Phi) is 6.31. The molecule has 33 heavy (non-hydrogen) atoms. The molecule has 0 saturated carbocycles. The Hall–Kier alpha value is -3.87. The molecule has 0 aromatic heterocycles. The van der Waals surface area contributed by atoms with Crippen molar-refractivity contribution >= 4 is 28.9 Å². The fourth-order valence-corrected chi connectivity index (χ4v) is 4.23. The van der Waals surface area contributed by atoms with Crippen molar-refractivity contribution in [1.29, 1.82) is 0 Å². The summed E-state index contributed by atoms with van der Waals surface area (Å²) in [5, 5.41) is 12.5. The van der Waals surface area contributed by atoms with Gasteiger partial charge in [0.15, 0.2) is 0 Å². The van der Waals surface area contributed by atoms with Gasteiger partial charge in [-0.25, -0.2) is 9.18 Å². The molecule has 7 heteroatoms. The van der Waals surface area contributed by atoms with Crippen LogP contribution >= 0.6 is 0 Å². The van der Waals surface area contributed by atoms with Crippen LogP contribution in [-0.4, -0.2) is 42.7 Å². The van der Waals surface area contributed by atoms with E-state index >= 15 is 0 Å². The van der Waals surface area contributed by atoms with E-state index in [1.54, 1.807) is 12.1 Å². The third-order valence-corrected chi connectivity index (χ3v) is 5.89. The number of nitrogens with one attached hydrogen (secondary N) is 1. The van der Waals surface area contributed by atoms with Crippen molar-refractivity contribution in [2.45, 2.75) is 19.9 Å². The number of carbonyl (C=O) groups excluding carboxylic acids is 1. The van der Waals surface area contributed by atoms with Gasteiger partial charge in [0.2, 0.25) is 0 Å². The van der Waals surface area contributed by atoms with Crippen LogP contribution in [0.3, 0.4) is 0 Å². The summed E-state index contributed by atoms with van der Waals surface area (Å²) in [4.78, 5) is 28.9. The van der Waals surface area contributed by atoms with Crippen LogP contribution < -0.4 is 15.1 Å². The Bertz CT molecular complexity index is 1180. The lowest BCUT2D eigenvalue weighted by molar-refractivity contribution is 0.0697. The number of rotatable bonds is 5. The van der Waals surface area contributed by atoms with E-state index in [9.17, 15) is 19.1 Å². The highest BCUT2D eigenvalue weighted by Gasteiger charge is 2.27. The van der Waals surface area contributed by atoms with E-state index < -0.39 is 17.7 Å². The minimum Gasteiger partial charge on any atom is -0.478 e. The second-order valence-electron chi connectivity index (χ2n) is 8.33. The van der Waals surface area contributed by atoms with Gasteiger partial charge in [0.05, 0.1) is 11.3 Å². The predicted molar refractivity (Wildman–Crippen MR) is 128 cm³/mol. The zero-order valence-electron chi connectivity index (χ0n) is 18.6. The van der Waals surface area contributed by atoms with E-state index in [2.05, 4.69) is 47.2 Å². The number of hydrogen-bond acceptors (Lipinski definition) is 4. The molecule has 0 spiro atoms. The van der Waals surface area contributed by atoms with Crippen LogP contribution in [0.2, 0.25) is 0 Å². The predicted octanol–water partition coefficient (Wildman–Crippen LogP) is 4.80. The monoisotopic (exact) mass is 447 g/mol. The molecule has 1 atom stereocenters. The molecule has 4 rings (SSSR count). The van der Waals surface area contributed by atoms with E-state index in [4.69, 9.17) is 0 Å². The molecule has 0 unspecified atom stereocenters. The van der Waals surface area contributed by atoms with Gasteiger partial charge in [0.1, 0.15) is 5.82 Å². The van der Waals surface area contributed by atoms with Gasteiger partial charge >= 0.3 is 5.97 Å². The minimum absolute atomic E-state index is 0.128. The molecule has 1 amide bonds. The fraction of sp³-hybridized carbons (Fsp3) is 0.231. The van der Waals surface area contributed by atoms with Crippen molar-refractivity contribution in [2.75, 3.05) is 34.8 Å². The van der Waals surface area contributed by atoms with Crippen LogP contribution in [-0.2, 0) is 0 Å². The van der Waals surface area contributed by atoms with Gasteiger partial charge in [-0.15, -0.1) is 0 Å². The van der Waals surface area contributed by atoms with Crippen molar-refractivity contribution in [1.82, 2.24) is 0 Å². The summed E-state index contributed by atoms with van der Waals surface area (Å²) in [6, 6.07) is 18.6. The highest BCUT2D eigenvalue weighted by molar-refractivity contribution is 6.05. The minimum atomic E-state index is -1.06. The number of piperazine rings is 1. The fourth-order valence-electron chi connectivity index (χ4n) is 4.23. The summed E-state index contributed by atoms with van der Waals surface area (Å²) in [7, 11) is 0. The normalized spacial score (nSPS) is 15.9. The molecular formula is C26H26FN3O3. The van der Waals surface area contributed by atoms with Gasteiger partial charge in [0, 0.05) is 42.6 Å². The molecule has 6 nitrogen and oxygen atoms in total. The molecular weight excluding hydrogens is 421 g/mol. The van der Waals surface area contributed by atoms with E-state index in [1.165, 1.54) is 41.6 Å². The maximum absolute atomic E-state index is 13.1. The second kappa shape index (κ2) is 9.32. The van der Waals surface area contributed by atoms with Gasteiger partial charge in [-0.05, 0) is 74.0 Å².